The molecule has 0 amide bonds. The molecule has 2 nitrogen and oxygen atoms in total. The van der Waals surface area contributed by atoms with Crippen LogP contribution < -0.4 is 5.32 Å². The number of benzene rings is 2. The molecule has 1 N–H and O–H groups in total. The molecule has 0 atom stereocenters. The molecule has 108 valence electrons. The van der Waals surface area contributed by atoms with Gasteiger partial charge < -0.3 is 5.32 Å². The van der Waals surface area contributed by atoms with Crippen molar-refractivity contribution in [3.63, 3.8) is 0 Å². The summed E-state index contributed by atoms with van der Waals surface area (Å²) >= 11 is 0. The Hall–Kier alpha value is -2.11. The van der Waals surface area contributed by atoms with E-state index >= 15 is 0 Å². The van der Waals surface area contributed by atoms with E-state index in [0.717, 1.165) is 19.5 Å². The molecule has 0 aliphatic rings. The molecule has 2 rings (SSSR count). The van der Waals surface area contributed by atoms with Gasteiger partial charge in [-0.1, -0.05) is 50.2 Å². The van der Waals surface area contributed by atoms with Gasteiger partial charge in [-0.2, -0.15) is 5.26 Å². The first-order valence-electron chi connectivity index (χ1n) is 7.45. The van der Waals surface area contributed by atoms with E-state index in [4.69, 9.17) is 5.26 Å². The van der Waals surface area contributed by atoms with E-state index in [2.05, 4.69) is 49.5 Å². The highest BCUT2D eigenvalue weighted by molar-refractivity contribution is 5.31. The molecule has 0 radical (unpaired) electrons. The van der Waals surface area contributed by atoms with Gasteiger partial charge in [-0.3, -0.25) is 0 Å². The normalized spacial score (nSPS) is 10.6. The second-order valence-corrected chi connectivity index (χ2v) is 5.83. The lowest BCUT2D eigenvalue weighted by Gasteiger charge is -2.08. The fraction of sp³-hybridized carbons (Fsp3) is 0.316. The first-order chi connectivity index (χ1) is 10.2. The molecular weight excluding hydrogens is 256 g/mol. The Bertz CT molecular complexity index is 589. The third-order valence-electron chi connectivity index (χ3n) is 3.41. The Labute approximate surface area is 127 Å². The number of nitriles is 1. The van der Waals surface area contributed by atoms with Gasteiger partial charge in [-0.05, 0) is 41.2 Å². The highest BCUT2D eigenvalue weighted by Crippen LogP contribution is 2.10. The lowest BCUT2D eigenvalue weighted by Crippen LogP contribution is -2.12. The largest absolute Gasteiger partial charge is 0.309 e. The van der Waals surface area contributed by atoms with Gasteiger partial charge in [-0.25, -0.2) is 0 Å². The minimum Gasteiger partial charge on any atom is -0.309 e. The maximum atomic E-state index is 8.76. The van der Waals surface area contributed by atoms with Crippen molar-refractivity contribution in [2.24, 2.45) is 5.92 Å². The Morgan fingerprint density at radius 1 is 0.857 bits per heavy atom. The Kier molecular flexibility index (Phi) is 5.54. The number of rotatable bonds is 6. The highest BCUT2D eigenvalue weighted by Gasteiger charge is 1.99. The monoisotopic (exact) mass is 278 g/mol. The molecule has 2 aromatic carbocycles. The summed E-state index contributed by atoms with van der Waals surface area (Å²) in [5, 5.41) is 12.2. The van der Waals surface area contributed by atoms with E-state index in [0.29, 0.717) is 11.5 Å². The summed E-state index contributed by atoms with van der Waals surface area (Å²) in [4.78, 5) is 0. The Balaban J connectivity index is 1.81. The molecule has 2 aromatic rings. The van der Waals surface area contributed by atoms with Gasteiger partial charge in [-0.15, -0.1) is 0 Å². The lowest BCUT2D eigenvalue weighted by atomic mass is 10.0. The molecule has 0 saturated carbocycles. The molecule has 0 aliphatic carbocycles. The van der Waals surface area contributed by atoms with Crippen LogP contribution in [0.25, 0.3) is 0 Å². The van der Waals surface area contributed by atoms with Crippen molar-refractivity contribution in [1.82, 2.24) is 5.32 Å². The quantitative estimate of drug-likeness (QED) is 0.865. The van der Waals surface area contributed by atoms with Gasteiger partial charge >= 0.3 is 0 Å². The van der Waals surface area contributed by atoms with Gasteiger partial charge in [0.1, 0.15) is 0 Å². The molecule has 0 saturated heterocycles. The van der Waals surface area contributed by atoms with Crippen LogP contribution in [0.5, 0.6) is 0 Å². The van der Waals surface area contributed by atoms with Crippen LogP contribution in [0.3, 0.4) is 0 Å². The zero-order valence-corrected chi connectivity index (χ0v) is 12.8. The predicted molar refractivity (Wildman–Crippen MR) is 86.7 cm³/mol. The van der Waals surface area contributed by atoms with Gasteiger partial charge in [0.15, 0.2) is 0 Å². The maximum Gasteiger partial charge on any atom is 0.0991 e. The summed E-state index contributed by atoms with van der Waals surface area (Å²) in [6.45, 7) is 6.17. The van der Waals surface area contributed by atoms with Gasteiger partial charge in [0, 0.05) is 13.1 Å². The Morgan fingerprint density at radius 2 is 1.33 bits per heavy atom. The molecule has 0 heterocycles. The molecule has 0 bridgehead atoms. The van der Waals surface area contributed by atoms with Crippen LogP contribution in [0, 0.1) is 17.2 Å². The molecule has 0 aliphatic heterocycles. The van der Waals surface area contributed by atoms with Crippen molar-refractivity contribution in [3.8, 4) is 6.07 Å². The summed E-state index contributed by atoms with van der Waals surface area (Å²) in [5.41, 5.74) is 4.61. The molecule has 0 aromatic heterocycles. The van der Waals surface area contributed by atoms with E-state index < -0.39 is 0 Å². The Morgan fingerprint density at radius 3 is 1.81 bits per heavy atom. The van der Waals surface area contributed by atoms with Crippen LogP contribution in [0.15, 0.2) is 48.5 Å². The molecule has 0 spiro atoms. The minimum atomic E-state index is 0.699. The average Bonchev–Trinajstić information content (AvgIpc) is 2.49. The molecule has 2 heteroatoms. The smallest absolute Gasteiger partial charge is 0.0991 e. The van der Waals surface area contributed by atoms with Crippen LogP contribution >= 0.6 is 0 Å². The number of nitrogens with one attached hydrogen (secondary N) is 1. The summed E-state index contributed by atoms with van der Waals surface area (Å²) < 4.78 is 0. The van der Waals surface area contributed by atoms with Crippen molar-refractivity contribution in [3.05, 3.63) is 70.8 Å². The van der Waals surface area contributed by atoms with Gasteiger partial charge in [0.05, 0.1) is 11.6 Å². The van der Waals surface area contributed by atoms with Crippen molar-refractivity contribution >= 4 is 0 Å². The summed E-state index contributed by atoms with van der Waals surface area (Å²) in [6.07, 6.45) is 1.14. The number of hydrogen-bond acceptors (Lipinski definition) is 2. The van der Waals surface area contributed by atoms with Crippen LogP contribution in [0.1, 0.15) is 36.1 Å². The third-order valence-corrected chi connectivity index (χ3v) is 3.41. The van der Waals surface area contributed by atoms with Crippen molar-refractivity contribution in [2.45, 2.75) is 33.4 Å². The average molecular weight is 278 g/mol. The van der Waals surface area contributed by atoms with Crippen molar-refractivity contribution in [1.29, 1.82) is 5.26 Å². The van der Waals surface area contributed by atoms with E-state index in [-0.39, 0.29) is 0 Å². The third kappa shape index (κ3) is 5.06. The van der Waals surface area contributed by atoms with Gasteiger partial charge in [0.25, 0.3) is 0 Å². The molecule has 21 heavy (non-hydrogen) atoms. The SMILES string of the molecule is CC(C)Cc1ccc(CNCc2ccc(C#N)cc2)cc1. The molecule has 0 fully saturated rings. The zero-order valence-electron chi connectivity index (χ0n) is 12.8. The maximum absolute atomic E-state index is 8.76. The number of hydrogen-bond donors (Lipinski definition) is 1. The van der Waals surface area contributed by atoms with Crippen LogP contribution in [-0.4, -0.2) is 0 Å². The van der Waals surface area contributed by atoms with E-state index in [1.54, 1.807) is 0 Å². The molecular formula is C19H22N2. The first kappa shape index (κ1) is 15.3. The lowest BCUT2D eigenvalue weighted by molar-refractivity contribution is 0.646. The fourth-order valence-electron chi connectivity index (χ4n) is 2.31. The summed E-state index contributed by atoms with van der Waals surface area (Å²) in [5.74, 6) is 0.699. The molecule has 0 unspecified atom stereocenters. The predicted octanol–water partition coefficient (Wildman–Crippen LogP) is 4.05. The minimum absolute atomic E-state index is 0.699. The van der Waals surface area contributed by atoms with Gasteiger partial charge in [0.2, 0.25) is 0 Å². The highest BCUT2D eigenvalue weighted by atomic mass is 14.8. The van der Waals surface area contributed by atoms with E-state index in [9.17, 15) is 0 Å². The first-order valence-corrected chi connectivity index (χ1v) is 7.45. The van der Waals surface area contributed by atoms with Crippen molar-refractivity contribution < 1.29 is 0 Å². The fourth-order valence-corrected chi connectivity index (χ4v) is 2.31. The second kappa shape index (κ2) is 7.61. The topological polar surface area (TPSA) is 35.8 Å². The van der Waals surface area contributed by atoms with Crippen LogP contribution in [-0.2, 0) is 19.5 Å². The number of nitrogens with zero attached hydrogens (tertiary/aromatic N) is 1. The zero-order chi connectivity index (χ0) is 15.1. The summed E-state index contributed by atoms with van der Waals surface area (Å²) in [6, 6.07) is 18.7. The van der Waals surface area contributed by atoms with E-state index in [1.807, 2.05) is 24.3 Å². The van der Waals surface area contributed by atoms with E-state index in [1.165, 1.54) is 16.7 Å². The summed E-state index contributed by atoms with van der Waals surface area (Å²) in [7, 11) is 0. The van der Waals surface area contributed by atoms with Crippen LogP contribution in [0.4, 0.5) is 0 Å². The second-order valence-electron chi connectivity index (χ2n) is 5.83. The van der Waals surface area contributed by atoms with Crippen molar-refractivity contribution in [2.75, 3.05) is 0 Å². The van der Waals surface area contributed by atoms with Crippen LogP contribution in [0.2, 0.25) is 0 Å². The standard InChI is InChI=1S/C19H22N2/c1-15(2)11-16-3-7-18(8-4-16)13-21-14-19-9-5-17(12-20)6-10-19/h3-10,15,21H,11,13-14H2,1-2H3.